The molecule has 0 aliphatic carbocycles. The summed E-state index contributed by atoms with van der Waals surface area (Å²) in [4.78, 5) is 21.8. The van der Waals surface area contributed by atoms with Crippen molar-refractivity contribution in [1.82, 2.24) is 5.32 Å². The molecule has 2 N–H and O–H groups in total. The molecule has 0 aromatic rings. The van der Waals surface area contributed by atoms with Crippen molar-refractivity contribution in [2.75, 3.05) is 19.8 Å². The van der Waals surface area contributed by atoms with E-state index in [1.54, 1.807) is 0 Å². The van der Waals surface area contributed by atoms with Gasteiger partial charge in [0.25, 0.3) is 0 Å². The van der Waals surface area contributed by atoms with Gasteiger partial charge in [0.05, 0.1) is 6.54 Å². The van der Waals surface area contributed by atoms with Crippen LogP contribution in [-0.4, -0.2) is 43.0 Å². The predicted octanol–water partition coefficient (Wildman–Crippen LogP) is 0.222. The van der Waals surface area contributed by atoms with E-state index in [-0.39, 0.29) is 6.54 Å². The van der Waals surface area contributed by atoms with Crippen LogP contribution in [-0.2, 0) is 19.1 Å². The quantitative estimate of drug-likeness (QED) is 0.463. The molecule has 6 heteroatoms. The fraction of sp³-hybridized carbons (Fsp3) is 0.800. The number of ether oxygens (including phenoxy) is 2. The van der Waals surface area contributed by atoms with E-state index in [0.29, 0.717) is 13.2 Å². The molecule has 0 aliphatic heterocycles. The summed E-state index contributed by atoms with van der Waals surface area (Å²) in [6.45, 7) is 6.04. The molecule has 0 aromatic heterocycles. The third-order valence-corrected chi connectivity index (χ3v) is 1.91. The Morgan fingerprint density at radius 2 is 1.75 bits per heavy atom. The maximum absolute atomic E-state index is 11.3. The first-order valence-electron chi connectivity index (χ1n) is 5.26. The second kappa shape index (κ2) is 8.06. The third kappa shape index (κ3) is 5.67. The van der Waals surface area contributed by atoms with Crippen LogP contribution in [0.15, 0.2) is 0 Å². The Hall–Kier alpha value is -1.14. The minimum Gasteiger partial charge on any atom is -0.481 e. The van der Waals surface area contributed by atoms with Gasteiger partial charge in [0.1, 0.15) is 5.92 Å². The summed E-state index contributed by atoms with van der Waals surface area (Å²) in [6.07, 6.45) is -0.528. The number of carboxylic acids is 1. The fourth-order valence-corrected chi connectivity index (χ4v) is 0.987. The number of carbonyl (C=O) groups excluding carboxylic acids is 1. The van der Waals surface area contributed by atoms with Gasteiger partial charge in [-0.2, -0.15) is 0 Å². The van der Waals surface area contributed by atoms with Crippen LogP contribution >= 0.6 is 0 Å². The monoisotopic (exact) mass is 233 g/mol. The molecule has 0 fully saturated rings. The van der Waals surface area contributed by atoms with Crippen molar-refractivity contribution in [3.63, 3.8) is 0 Å². The van der Waals surface area contributed by atoms with E-state index in [4.69, 9.17) is 14.6 Å². The fourth-order valence-electron chi connectivity index (χ4n) is 0.987. The van der Waals surface area contributed by atoms with Crippen LogP contribution in [0, 0.1) is 5.92 Å². The Balaban J connectivity index is 3.99. The van der Waals surface area contributed by atoms with Crippen molar-refractivity contribution < 1.29 is 24.2 Å². The summed E-state index contributed by atoms with van der Waals surface area (Å²) in [5.74, 6) is -2.76. The molecule has 0 saturated heterocycles. The number of nitrogens with one attached hydrogen (secondary N) is 1. The smallest absolute Gasteiger partial charge is 0.315 e. The van der Waals surface area contributed by atoms with Crippen LogP contribution < -0.4 is 5.32 Å². The number of hydrogen-bond donors (Lipinski definition) is 2. The van der Waals surface area contributed by atoms with Crippen molar-refractivity contribution >= 4 is 11.9 Å². The molecular formula is C10H19NO5. The molecule has 94 valence electrons. The molecule has 0 saturated carbocycles. The second-order valence-electron chi connectivity index (χ2n) is 3.15. The molecule has 6 nitrogen and oxygen atoms in total. The predicted molar refractivity (Wildman–Crippen MR) is 56.8 cm³/mol. The Bertz CT molecular complexity index is 225. The lowest BCUT2D eigenvalue weighted by molar-refractivity contribution is -0.150. The van der Waals surface area contributed by atoms with Crippen molar-refractivity contribution in [2.45, 2.75) is 27.1 Å². The lowest BCUT2D eigenvalue weighted by atomic mass is 10.2. The summed E-state index contributed by atoms with van der Waals surface area (Å²) in [5, 5.41) is 11.1. The Labute approximate surface area is 94.9 Å². The van der Waals surface area contributed by atoms with Crippen LogP contribution in [0.1, 0.15) is 20.8 Å². The van der Waals surface area contributed by atoms with Gasteiger partial charge >= 0.3 is 5.97 Å². The highest BCUT2D eigenvalue weighted by Crippen LogP contribution is 1.97. The third-order valence-electron chi connectivity index (χ3n) is 1.91. The molecular weight excluding hydrogens is 214 g/mol. The summed E-state index contributed by atoms with van der Waals surface area (Å²) < 4.78 is 10.4. The minimum atomic E-state index is -1.15. The molecule has 0 spiro atoms. The lowest BCUT2D eigenvalue weighted by Crippen LogP contribution is -2.40. The Morgan fingerprint density at radius 1 is 1.25 bits per heavy atom. The molecule has 0 bridgehead atoms. The van der Waals surface area contributed by atoms with Gasteiger partial charge in [0, 0.05) is 13.2 Å². The van der Waals surface area contributed by atoms with Crippen molar-refractivity contribution in [3.05, 3.63) is 0 Å². The second-order valence-corrected chi connectivity index (χ2v) is 3.15. The highest BCUT2D eigenvalue weighted by Gasteiger charge is 2.21. The lowest BCUT2D eigenvalue weighted by Gasteiger charge is -2.18. The molecule has 0 aliphatic rings. The maximum Gasteiger partial charge on any atom is 0.315 e. The number of carbonyl (C=O) groups is 2. The highest BCUT2D eigenvalue weighted by molar-refractivity contribution is 5.96. The molecule has 1 unspecified atom stereocenters. The molecule has 0 heterocycles. The average molecular weight is 233 g/mol. The topological polar surface area (TPSA) is 84.9 Å². The van der Waals surface area contributed by atoms with Gasteiger partial charge in [-0.05, 0) is 20.8 Å². The van der Waals surface area contributed by atoms with E-state index in [1.165, 1.54) is 6.92 Å². The Morgan fingerprint density at radius 3 is 2.12 bits per heavy atom. The van der Waals surface area contributed by atoms with Gasteiger partial charge in [-0.15, -0.1) is 0 Å². The van der Waals surface area contributed by atoms with E-state index < -0.39 is 24.1 Å². The van der Waals surface area contributed by atoms with Gasteiger partial charge < -0.3 is 19.9 Å². The molecule has 0 radical (unpaired) electrons. The van der Waals surface area contributed by atoms with Gasteiger partial charge in [-0.25, -0.2) is 0 Å². The summed E-state index contributed by atoms with van der Waals surface area (Å²) in [5.41, 5.74) is 0. The molecule has 0 aromatic carbocycles. The maximum atomic E-state index is 11.3. The van der Waals surface area contributed by atoms with Gasteiger partial charge in [0.15, 0.2) is 6.29 Å². The van der Waals surface area contributed by atoms with E-state index in [0.717, 1.165) is 0 Å². The zero-order valence-electron chi connectivity index (χ0n) is 9.86. The normalized spacial score (nSPS) is 12.5. The first-order chi connectivity index (χ1) is 7.52. The van der Waals surface area contributed by atoms with Gasteiger partial charge in [-0.3, -0.25) is 9.59 Å². The van der Waals surface area contributed by atoms with Crippen LogP contribution in [0.5, 0.6) is 0 Å². The molecule has 16 heavy (non-hydrogen) atoms. The highest BCUT2D eigenvalue weighted by atomic mass is 16.7. The zero-order chi connectivity index (χ0) is 12.6. The number of hydrogen-bond acceptors (Lipinski definition) is 4. The molecule has 1 amide bonds. The molecule has 0 rings (SSSR count). The van der Waals surface area contributed by atoms with Crippen LogP contribution in [0.25, 0.3) is 0 Å². The van der Waals surface area contributed by atoms with Crippen molar-refractivity contribution in [2.24, 2.45) is 5.92 Å². The summed E-state index contributed by atoms with van der Waals surface area (Å²) >= 11 is 0. The SMILES string of the molecule is CCOC(CNC(=O)C(C)C(=O)O)OCC. The largest absolute Gasteiger partial charge is 0.481 e. The summed E-state index contributed by atoms with van der Waals surface area (Å²) in [6, 6.07) is 0. The van der Waals surface area contributed by atoms with Gasteiger partial charge in [-0.1, -0.05) is 0 Å². The number of amides is 1. The average Bonchev–Trinajstić information content (AvgIpc) is 2.24. The summed E-state index contributed by atoms with van der Waals surface area (Å²) in [7, 11) is 0. The minimum absolute atomic E-state index is 0.151. The number of rotatable bonds is 8. The first kappa shape index (κ1) is 14.9. The van der Waals surface area contributed by atoms with E-state index in [1.807, 2.05) is 13.8 Å². The van der Waals surface area contributed by atoms with Crippen LogP contribution in [0.2, 0.25) is 0 Å². The van der Waals surface area contributed by atoms with Crippen LogP contribution in [0.3, 0.4) is 0 Å². The molecule has 1 atom stereocenters. The number of aliphatic carboxylic acids is 1. The van der Waals surface area contributed by atoms with E-state index >= 15 is 0 Å². The zero-order valence-corrected chi connectivity index (χ0v) is 9.86. The van der Waals surface area contributed by atoms with Gasteiger partial charge in [0.2, 0.25) is 5.91 Å². The standard InChI is InChI=1S/C10H19NO5/c1-4-15-8(16-5-2)6-11-9(12)7(3)10(13)14/h7-8H,4-6H2,1-3H3,(H,11,12)(H,13,14). The number of carboxylic acid groups (broad SMARTS) is 1. The van der Waals surface area contributed by atoms with Crippen molar-refractivity contribution in [1.29, 1.82) is 0 Å². The van der Waals surface area contributed by atoms with Crippen LogP contribution in [0.4, 0.5) is 0 Å². The Kier molecular flexibility index (Phi) is 7.49. The van der Waals surface area contributed by atoms with E-state index in [9.17, 15) is 9.59 Å². The van der Waals surface area contributed by atoms with Crippen molar-refractivity contribution in [3.8, 4) is 0 Å². The van der Waals surface area contributed by atoms with E-state index in [2.05, 4.69) is 5.32 Å². The first-order valence-corrected chi connectivity index (χ1v) is 5.26.